The maximum Gasteiger partial charge on any atom is 0.315 e. The second kappa shape index (κ2) is 9.05. The number of halogens is 2. The molecule has 1 aromatic carbocycles. The molecule has 0 bridgehead atoms. The Morgan fingerprint density at radius 3 is 2.57 bits per heavy atom. The van der Waals surface area contributed by atoms with E-state index in [1.165, 1.54) is 12.4 Å². The zero-order valence-electron chi connectivity index (χ0n) is 19.7. The molecule has 37 heavy (non-hydrogen) atoms. The maximum atomic E-state index is 11.8. The van der Waals surface area contributed by atoms with Crippen LogP contribution in [0.1, 0.15) is 24.6 Å². The summed E-state index contributed by atoms with van der Waals surface area (Å²) in [6.45, 7) is 2.03. The predicted octanol–water partition coefficient (Wildman–Crippen LogP) is 4.10. The van der Waals surface area contributed by atoms with Gasteiger partial charge >= 0.3 is 6.03 Å². The SMILES string of the molecule is NC(=O)N1CCN(c2ccc(-c3n[nH]c4ccc(O[C@H](N)c5c(Cl)cncc5Cl)cc34)cn2)CC12CC2. The molecule has 10 nitrogen and oxygen atoms in total. The molecule has 1 aliphatic carbocycles. The van der Waals surface area contributed by atoms with E-state index < -0.39 is 6.23 Å². The van der Waals surface area contributed by atoms with E-state index in [0.29, 0.717) is 34.4 Å². The van der Waals surface area contributed by atoms with Crippen LogP contribution in [-0.2, 0) is 0 Å². The van der Waals surface area contributed by atoms with Gasteiger partial charge in [-0.25, -0.2) is 9.78 Å². The summed E-state index contributed by atoms with van der Waals surface area (Å²) < 4.78 is 5.96. The highest BCUT2D eigenvalue weighted by Gasteiger charge is 2.53. The fourth-order valence-electron chi connectivity index (χ4n) is 4.99. The Morgan fingerprint density at radius 1 is 1.11 bits per heavy atom. The predicted molar refractivity (Wildman–Crippen MR) is 142 cm³/mol. The lowest BCUT2D eigenvalue weighted by atomic mass is 10.1. The van der Waals surface area contributed by atoms with Gasteiger partial charge in [0.25, 0.3) is 0 Å². The summed E-state index contributed by atoms with van der Waals surface area (Å²) in [4.78, 5) is 24.5. The number of carbonyl (C=O) groups is 1. The van der Waals surface area contributed by atoms with Gasteiger partial charge in [-0.05, 0) is 43.2 Å². The highest BCUT2D eigenvalue weighted by Crippen LogP contribution is 2.44. The third-order valence-electron chi connectivity index (χ3n) is 7.06. The van der Waals surface area contributed by atoms with E-state index in [1.54, 1.807) is 17.2 Å². The second-order valence-electron chi connectivity index (χ2n) is 9.38. The number of nitrogens with two attached hydrogens (primary N) is 2. The molecule has 12 heteroatoms. The van der Waals surface area contributed by atoms with Crippen molar-refractivity contribution in [3.8, 4) is 17.0 Å². The number of primary amides is 1. The normalized spacial score (nSPS) is 17.3. The van der Waals surface area contributed by atoms with Gasteiger partial charge in [0.15, 0.2) is 6.23 Å². The van der Waals surface area contributed by atoms with Crippen LogP contribution in [0.15, 0.2) is 48.9 Å². The largest absolute Gasteiger partial charge is 0.471 e. The molecular weight excluding hydrogens is 515 g/mol. The number of rotatable bonds is 5. The standard InChI is InChI=1S/C25H24Cl2N8O2/c26-17-11-30-12-18(27)21(17)23(28)37-15-2-3-19-16(9-15)22(33-32-19)14-1-4-20(31-10-14)34-7-8-35(24(29)36)25(13-34)5-6-25/h1-4,9-12,23H,5-8,13,28H2,(H2,29,36)(H,32,33)/t23-/m0/s1. The van der Waals surface area contributed by atoms with E-state index in [0.717, 1.165) is 47.4 Å². The smallest absolute Gasteiger partial charge is 0.315 e. The lowest BCUT2D eigenvalue weighted by Crippen LogP contribution is -2.58. The number of hydrogen-bond donors (Lipinski definition) is 3. The van der Waals surface area contributed by atoms with Gasteiger partial charge in [-0.3, -0.25) is 15.8 Å². The molecule has 1 saturated carbocycles. The van der Waals surface area contributed by atoms with Crippen LogP contribution in [0.5, 0.6) is 5.75 Å². The number of urea groups is 1. The number of anilines is 1. The fraction of sp³-hybridized carbons (Fsp3) is 0.280. The zero-order valence-corrected chi connectivity index (χ0v) is 21.2. The van der Waals surface area contributed by atoms with Crippen molar-refractivity contribution in [2.24, 2.45) is 11.5 Å². The summed E-state index contributed by atoms with van der Waals surface area (Å²) in [5.41, 5.74) is 14.6. The molecule has 2 aliphatic rings. The lowest BCUT2D eigenvalue weighted by Gasteiger charge is -2.41. The van der Waals surface area contributed by atoms with Gasteiger partial charge < -0.3 is 20.3 Å². The molecule has 2 fully saturated rings. The van der Waals surface area contributed by atoms with Crippen molar-refractivity contribution in [3.63, 3.8) is 0 Å². The fourth-order valence-corrected chi connectivity index (χ4v) is 5.57. The minimum Gasteiger partial charge on any atom is -0.471 e. The van der Waals surface area contributed by atoms with Crippen LogP contribution in [-0.4, -0.2) is 56.3 Å². The average Bonchev–Trinajstić information content (AvgIpc) is 3.50. The molecule has 3 aromatic heterocycles. The van der Waals surface area contributed by atoms with Gasteiger partial charge in [-0.15, -0.1) is 0 Å². The quantitative estimate of drug-likeness (QED) is 0.325. The Hall–Kier alpha value is -3.60. The molecule has 2 amide bonds. The monoisotopic (exact) mass is 538 g/mol. The van der Waals surface area contributed by atoms with Crippen LogP contribution in [0.2, 0.25) is 10.0 Å². The van der Waals surface area contributed by atoms with Crippen molar-refractivity contribution in [1.29, 1.82) is 0 Å². The third-order valence-corrected chi connectivity index (χ3v) is 7.66. The number of nitrogens with zero attached hydrogens (tertiary/aromatic N) is 5. The number of piperazine rings is 1. The molecule has 5 N–H and O–H groups in total. The Bertz CT molecular complexity index is 1470. The number of nitrogens with one attached hydrogen (secondary N) is 1. The molecule has 0 unspecified atom stereocenters. The molecule has 4 heterocycles. The van der Waals surface area contributed by atoms with Gasteiger partial charge in [0, 0.05) is 54.7 Å². The highest BCUT2D eigenvalue weighted by molar-refractivity contribution is 6.35. The van der Waals surface area contributed by atoms with E-state index in [1.807, 2.05) is 24.3 Å². The number of aromatic nitrogens is 4. The molecule has 0 radical (unpaired) electrons. The second-order valence-corrected chi connectivity index (χ2v) is 10.2. The Morgan fingerprint density at radius 2 is 1.89 bits per heavy atom. The lowest BCUT2D eigenvalue weighted by molar-refractivity contribution is 0.165. The van der Waals surface area contributed by atoms with Crippen molar-refractivity contribution in [2.45, 2.75) is 24.6 Å². The van der Waals surface area contributed by atoms with Crippen molar-refractivity contribution in [3.05, 3.63) is 64.5 Å². The van der Waals surface area contributed by atoms with E-state index in [4.69, 9.17) is 44.4 Å². The van der Waals surface area contributed by atoms with Crippen LogP contribution >= 0.6 is 23.2 Å². The van der Waals surface area contributed by atoms with E-state index in [-0.39, 0.29) is 11.6 Å². The van der Waals surface area contributed by atoms with Crippen LogP contribution in [0.25, 0.3) is 22.2 Å². The number of ether oxygens (including phenoxy) is 1. The third kappa shape index (κ3) is 4.30. The van der Waals surface area contributed by atoms with Crippen LogP contribution < -0.4 is 21.1 Å². The Kier molecular flexibility index (Phi) is 5.82. The van der Waals surface area contributed by atoms with Crippen molar-refractivity contribution in [2.75, 3.05) is 24.5 Å². The number of hydrogen-bond acceptors (Lipinski definition) is 7. The van der Waals surface area contributed by atoms with E-state index in [2.05, 4.69) is 20.1 Å². The molecule has 6 rings (SSSR count). The van der Waals surface area contributed by atoms with Gasteiger partial charge in [0.2, 0.25) is 0 Å². The maximum absolute atomic E-state index is 11.8. The molecule has 190 valence electrons. The van der Waals surface area contributed by atoms with E-state index in [9.17, 15) is 4.79 Å². The van der Waals surface area contributed by atoms with Crippen LogP contribution in [0.4, 0.5) is 10.6 Å². The van der Waals surface area contributed by atoms with Gasteiger partial charge in [-0.1, -0.05) is 23.2 Å². The first-order chi connectivity index (χ1) is 17.8. The number of carbonyl (C=O) groups excluding carboxylic acids is 1. The zero-order chi connectivity index (χ0) is 25.7. The molecular formula is C25H24Cl2N8O2. The molecule has 1 saturated heterocycles. The van der Waals surface area contributed by atoms with Crippen molar-refractivity contribution in [1.82, 2.24) is 25.1 Å². The first kappa shape index (κ1) is 23.8. The Balaban J connectivity index is 1.23. The minimum absolute atomic E-state index is 0.148. The average molecular weight is 539 g/mol. The van der Waals surface area contributed by atoms with Crippen molar-refractivity contribution < 1.29 is 9.53 Å². The molecule has 1 aliphatic heterocycles. The first-order valence-corrected chi connectivity index (χ1v) is 12.6. The number of fused-ring (bicyclic) bond motifs is 1. The number of benzene rings is 1. The van der Waals surface area contributed by atoms with Crippen molar-refractivity contribution >= 4 is 46.0 Å². The number of H-pyrrole nitrogens is 1. The summed E-state index contributed by atoms with van der Waals surface area (Å²) in [5, 5.41) is 9.08. The summed E-state index contributed by atoms with van der Waals surface area (Å²) in [7, 11) is 0. The minimum atomic E-state index is -0.874. The van der Waals surface area contributed by atoms with E-state index >= 15 is 0 Å². The van der Waals surface area contributed by atoms with Gasteiger partial charge in [0.05, 0.1) is 21.1 Å². The molecule has 1 spiro atoms. The Labute approximate surface area is 222 Å². The van der Waals surface area contributed by atoms with Gasteiger partial charge in [0.1, 0.15) is 17.3 Å². The molecule has 4 aromatic rings. The van der Waals surface area contributed by atoms with Gasteiger partial charge in [-0.2, -0.15) is 5.10 Å². The van der Waals surface area contributed by atoms with Crippen LogP contribution in [0.3, 0.4) is 0 Å². The number of aromatic amines is 1. The topological polar surface area (TPSA) is 139 Å². The number of amides is 2. The molecule has 1 atom stereocenters. The highest BCUT2D eigenvalue weighted by atomic mass is 35.5. The summed E-state index contributed by atoms with van der Waals surface area (Å²) >= 11 is 12.5. The summed E-state index contributed by atoms with van der Waals surface area (Å²) in [6.07, 6.45) is 5.82. The summed E-state index contributed by atoms with van der Waals surface area (Å²) in [6, 6.07) is 9.17. The summed E-state index contributed by atoms with van der Waals surface area (Å²) in [5.74, 6) is 1.40. The van der Waals surface area contributed by atoms with Crippen LogP contribution in [0, 0.1) is 0 Å². The first-order valence-electron chi connectivity index (χ1n) is 11.8. The number of pyridine rings is 2.